The molecule has 2 rings (SSSR count). The Kier molecular flexibility index (Phi) is 5.48. The lowest BCUT2D eigenvalue weighted by molar-refractivity contribution is -0.306. The van der Waals surface area contributed by atoms with Crippen molar-refractivity contribution in [1.29, 1.82) is 0 Å². The summed E-state index contributed by atoms with van der Waals surface area (Å²) in [6.07, 6.45) is -12.6. The largest absolute Gasteiger partial charge is 0.394 e. The van der Waals surface area contributed by atoms with Gasteiger partial charge in [-0.25, -0.2) is 0 Å². The van der Waals surface area contributed by atoms with E-state index in [0.717, 1.165) is 0 Å². The molecule has 10 heteroatoms. The topological polar surface area (TPSA) is 169 Å². The molecular formula is C11H20O10. The van der Waals surface area contributed by atoms with Crippen LogP contribution in [0.5, 0.6) is 0 Å². The molecule has 0 aromatic heterocycles. The predicted octanol–water partition coefficient (Wildman–Crippen LogP) is -4.76. The number of hydrogen-bond acceptors (Lipinski definition) is 10. The van der Waals surface area contributed by atoms with Gasteiger partial charge in [0.25, 0.3) is 0 Å². The van der Waals surface area contributed by atoms with E-state index < -0.39 is 61.9 Å². The third-order valence-electron chi connectivity index (χ3n) is 3.61. The molecule has 0 aromatic carbocycles. The smallest absolute Gasteiger partial charge is 0.186 e. The molecule has 0 radical (unpaired) electrons. The number of ether oxygens (including phenoxy) is 3. The molecule has 0 amide bonds. The minimum absolute atomic E-state index is 0.349. The standard InChI is InChI=1S/C11H20O10/c12-1-3-5(13)7(15)9(17)11(21-3)19-2-4-6(14)8(16)10(18)20-4/h3-18H,1-2H2/t3-,4+,5+,6-,7-,8-,9-,10-,11-/m1/s1. The van der Waals surface area contributed by atoms with Crippen LogP contribution in [-0.4, -0.2) is 104 Å². The molecule has 0 bridgehead atoms. The molecule has 0 unspecified atom stereocenters. The molecule has 21 heavy (non-hydrogen) atoms. The van der Waals surface area contributed by atoms with Crippen molar-refractivity contribution in [2.24, 2.45) is 0 Å². The summed E-state index contributed by atoms with van der Waals surface area (Å²) in [7, 11) is 0. The highest BCUT2D eigenvalue weighted by atomic mass is 16.7. The zero-order chi connectivity index (χ0) is 15.7. The van der Waals surface area contributed by atoms with Crippen molar-refractivity contribution in [1.82, 2.24) is 0 Å². The molecular weight excluding hydrogens is 292 g/mol. The van der Waals surface area contributed by atoms with Gasteiger partial charge in [0.2, 0.25) is 0 Å². The van der Waals surface area contributed by atoms with Crippen LogP contribution in [0.25, 0.3) is 0 Å². The first-order valence-corrected chi connectivity index (χ1v) is 6.48. The average Bonchev–Trinajstić information content (AvgIpc) is 2.71. The first-order valence-electron chi connectivity index (χ1n) is 6.48. The lowest BCUT2D eigenvalue weighted by atomic mass is 9.99. The lowest BCUT2D eigenvalue weighted by Crippen LogP contribution is -2.59. The molecule has 2 saturated heterocycles. The second-order valence-corrected chi connectivity index (χ2v) is 5.08. The van der Waals surface area contributed by atoms with Crippen LogP contribution in [0.2, 0.25) is 0 Å². The second-order valence-electron chi connectivity index (χ2n) is 5.08. The predicted molar refractivity (Wildman–Crippen MR) is 62.6 cm³/mol. The molecule has 0 saturated carbocycles. The van der Waals surface area contributed by atoms with Crippen molar-refractivity contribution >= 4 is 0 Å². The van der Waals surface area contributed by atoms with Gasteiger partial charge in [0.05, 0.1) is 13.2 Å². The van der Waals surface area contributed by atoms with E-state index in [1.807, 2.05) is 0 Å². The highest BCUT2D eigenvalue weighted by Gasteiger charge is 2.46. The van der Waals surface area contributed by atoms with Gasteiger partial charge >= 0.3 is 0 Å². The SMILES string of the molecule is OC[C@H]1O[C@@H](OC[C@@H]2O[C@@H](O)[C@H](O)[C@@H]2O)[C@H](O)[C@H](O)[C@H]1O. The monoisotopic (exact) mass is 312 g/mol. The maximum Gasteiger partial charge on any atom is 0.186 e. The van der Waals surface area contributed by atoms with Crippen LogP contribution in [0.4, 0.5) is 0 Å². The zero-order valence-electron chi connectivity index (χ0n) is 11.0. The summed E-state index contributed by atoms with van der Waals surface area (Å²) in [6, 6.07) is 0. The Morgan fingerprint density at radius 1 is 0.714 bits per heavy atom. The maximum absolute atomic E-state index is 9.72. The van der Waals surface area contributed by atoms with E-state index in [9.17, 15) is 30.6 Å². The fourth-order valence-corrected chi connectivity index (χ4v) is 2.26. The normalized spacial score (nSPS) is 51.3. The molecule has 2 fully saturated rings. The number of hydrogen-bond donors (Lipinski definition) is 7. The van der Waals surface area contributed by atoms with Gasteiger partial charge in [-0.3, -0.25) is 0 Å². The van der Waals surface area contributed by atoms with E-state index in [-0.39, 0.29) is 6.61 Å². The highest BCUT2D eigenvalue weighted by molar-refractivity contribution is 4.90. The van der Waals surface area contributed by atoms with Crippen LogP contribution < -0.4 is 0 Å². The molecule has 2 aliphatic heterocycles. The Morgan fingerprint density at radius 2 is 1.33 bits per heavy atom. The fourth-order valence-electron chi connectivity index (χ4n) is 2.26. The van der Waals surface area contributed by atoms with Crippen molar-refractivity contribution in [3.63, 3.8) is 0 Å². The van der Waals surface area contributed by atoms with Gasteiger partial charge in [0.15, 0.2) is 12.6 Å². The zero-order valence-corrected chi connectivity index (χ0v) is 11.0. The van der Waals surface area contributed by atoms with Crippen LogP contribution in [0.3, 0.4) is 0 Å². The van der Waals surface area contributed by atoms with Crippen molar-refractivity contribution < 1.29 is 50.0 Å². The highest BCUT2D eigenvalue weighted by Crippen LogP contribution is 2.24. The van der Waals surface area contributed by atoms with Crippen molar-refractivity contribution in [2.75, 3.05) is 13.2 Å². The first-order chi connectivity index (χ1) is 9.86. The molecule has 124 valence electrons. The molecule has 0 aliphatic carbocycles. The summed E-state index contributed by atoms with van der Waals surface area (Å²) in [5.41, 5.74) is 0. The summed E-state index contributed by atoms with van der Waals surface area (Å²) < 4.78 is 15.1. The lowest BCUT2D eigenvalue weighted by Gasteiger charge is -2.39. The van der Waals surface area contributed by atoms with Gasteiger partial charge in [-0.05, 0) is 0 Å². The van der Waals surface area contributed by atoms with Gasteiger partial charge in [-0.2, -0.15) is 0 Å². The van der Waals surface area contributed by atoms with E-state index in [1.165, 1.54) is 0 Å². The van der Waals surface area contributed by atoms with Gasteiger partial charge in [0.1, 0.15) is 42.7 Å². The van der Waals surface area contributed by atoms with Gasteiger partial charge < -0.3 is 50.0 Å². The maximum atomic E-state index is 9.72. The van der Waals surface area contributed by atoms with E-state index in [4.69, 9.17) is 19.3 Å². The number of aliphatic hydroxyl groups excluding tert-OH is 7. The molecule has 0 spiro atoms. The van der Waals surface area contributed by atoms with E-state index in [0.29, 0.717) is 0 Å². The van der Waals surface area contributed by atoms with E-state index in [1.54, 1.807) is 0 Å². The molecule has 0 aromatic rings. The number of rotatable bonds is 4. The van der Waals surface area contributed by atoms with Crippen molar-refractivity contribution in [2.45, 2.75) is 55.3 Å². The van der Waals surface area contributed by atoms with E-state index in [2.05, 4.69) is 0 Å². The Morgan fingerprint density at radius 3 is 1.86 bits per heavy atom. The summed E-state index contributed by atoms with van der Waals surface area (Å²) in [4.78, 5) is 0. The van der Waals surface area contributed by atoms with Crippen LogP contribution in [0.1, 0.15) is 0 Å². The summed E-state index contributed by atoms with van der Waals surface area (Å²) in [5.74, 6) is 0. The molecule has 7 N–H and O–H groups in total. The minimum Gasteiger partial charge on any atom is -0.394 e. The Hall–Kier alpha value is -0.400. The van der Waals surface area contributed by atoms with Crippen molar-refractivity contribution in [3.8, 4) is 0 Å². The average molecular weight is 312 g/mol. The quantitative estimate of drug-likeness (QED) is 0.267. The fraction of sp³-hybridized carbons (Fsp3) is 1.00. The first kappa shape index (κ1) is 17.0. The molecule has 10 nitrogen and oxygen atoms in total. The van der Waals surface area contributed by atoms with Crippen molar-refractivity contribution in [3.05, 3.63) is 0 Å². The third kappa shape index (κ3) is 3.35. The van der Waals surface area contributed by atoms with E-state index >= 15 is 0 Å². The van der Waals surface area contributed by atoms with Crippen LogP contribution in [-0.2, 0) is 14.2 Å². The van der Waals surface area contributed by atoms with Crippen LogP contribution in [0, 0.1) is 0 Å². The summed E-state index contributed by atoms with van der Waals surface area (Å²) in [5, 5.41) is 66.0. The Bertz CT molecular complexity index is 339. The summed E-state index contributed by atoms with van der Waals surface area (Å²) >= 11 is 0. The van der Waals surface area contributed by atoms with Gasteiger partial charge in [0, 0.05) is 0 Å². The van der Waals surface area contributed by atoms with Crippen LogP contribution >= 0.6 is 0 Å². The molecule has 2 heterocycles. The van der Waals surface area contributed by atoms with Gasteiger partial charge in [-0.1, -0.05) is 0 Å². The third-order valence-corrected chi connectivity index (χ3v) is 3.61. The second kappa shape index (κ2) is 6.79. The minimum atomic E-state index is -1.58. The van der Waals surface area contributed by atoms with Crippen LogP contribution in [0.15, 0.2) is 0 Å². The Labute approximate surface area is 119 Å². The number of aliphatic hydroxyl groups is 7. The van der Waals surface area contributed by atoms with Gasteiger partial charge in [-0.15, -0.1) is 0 Å². The molecule has 9 atom stereocenters. The summed E-state index contributed by atoms with van der Waals surface area (Å²) in [6.45, 7) is -0.942. The Balaban J connectivity index is 1.90. The molecule has 2 aliphatic rings.